The number of ether oxygens (including phenoxy) is 1. The molecule has 0 aliphatic rings. The molecule has 156 valence electrons. The highest BCUT2D eigenvalue weighted by atomic mass is 16.5. The lowest BCUT2D eigenvalue weighted by molar-refractivity contribution is 0.0986. The van der Waals surface area contributed by atoms with Gasteiger partial charge in [0.15, 0.2) is 5.69 Å². The fourth-order valence-electron chi connectivity index (χ4n) is 3.21. The van der Waals surface area contributed by atoms with Crippen molar-refractivity contribution in [2.45, 2.75) is 19.9 Å². The SMILES string of the molecule is CCCN(C(=O)c1cccc(OC)c1)c1c(N)n(Cc2ccccc2)c(=O)[nH]c1=O. The predicted octanol–water partition coefficient (Wildman–Crippen LogP) is 2.23. The summed E-state index contributed by atoms with van der Waals surface area (Å²) in [6.07, 6.45) is 0.590. The van der Waals surface area contributed by atoms with Crippen LogP contribution in [0.5, 0.6) is 5.75 Å². The Bertz CT molecular complexity index is 1150. The number of hydrogen-bond donors (Lipinski definition) is 2. The Kier molecular flexibility index (Phi) is 6.36. The Labute approximate surface area is 173 Å². The summed E-state index contributed by atoms with van der Waals surface area (Å²) in [5.41, 5.74) is 6.08. The fraction of sp³-hybridized carbons (Fsp3) is 0.227. The smallest absolute Gasteiger partial charge is 0.330 e. The Morgan fingerprint density at radius 1 is 1.13 bits per heavy atom. The van der Waals surface area contributed by atoms with Gasteiger partial charge >= 0.3 is 5.69 Å². The quantitative estimate of drug-likeness (QED) is 0.623. The molecule has 3 N–H and O–H groups in total. The summed E-state index contributed by atoms with van der Waals surface area (Å²) in [4.78, 5) is 41.9. The minimum atomic E-state index is -0.702. The van der Waals surface area contributed by atoms with E-state index in [2.05, 4.69) is 4.98 Å². The van der Waals surface area contributed by atoms with Crippen LogP contribution in [0.4, 0.5) is 11.5 Å². The average molecular weight is 408 g/mol. The van der Waals surface area contributed by atoms with Gasteiger partial charge in [-0.2, -0.15) is 0 Å². The number of methoxy groups -OCH3 is 1. The highest BCUT2D eigenvalue weighted by molar-refractivity contribution is 6.07. The lowest BCUT2D eigenvalue weighted by Crippen LogP contribution is -2.41. The van der Waals surface area contributed by atoms with Crippen molar-refractivity contribution in [3.8, 4) is 5.75 Å². The van der Waals surface area contributed by atoms with Crippen molar-refractivity contribution in [1.82, 2.24) is 9.55 Å². The highest BCUT2D eigenvalue weighted by Crippen LogP contribution is 2.22. The van der Waals surface area contributed by atoms with E-state index in [0.717, 1.165) is 5.56 Å². The van der Waals surface area contributed by atoms with Crippen molar-refractivity contribution in [3.05, 3.63) is 86.6 Å². The number of benzene rings is 2. The standard InChI is InChI=1S/C22H24N4O4/c1-3-12-25(21(28)16-10-7-11-17(13-16)30-2)18-19(23)26(22(29)24-20(18)27)14-15-8-5-4-6-9-15/h4-11,13H,3,12,14,23H2,1-2H3,(H,24,27,29). The Balaban J connectivity index is 2.10. The fourth-order valence-corrected chi connectivity index (χ4v) is 3.21. The lowest BCUT2D eigenvalue weighted by atomic mass is 10.1. The van der Waals surface area contributed by atoms with Crippen molar-refractivity contribution < 1.29 is 9.53 Å². The molecule has 0 saturated carbocycles. The molecule has 3 aromatic rings. The van der Waals surface area contributed by atoms with Crippen molar-refractivity contribution in [1.29, 1.82) is 0 Å². The van der Waals surface area contributed by atoms with E-state index in [9.17, 15) is 14.4 Å². The van der Waals surface area contributed by atoms with Crippen LogP contribution in [0.3, 0.4) is 0 Å². The molecule has 0 fully saturated rings. The van der Waals surface area contributed by atoms with Gasteiger partial charge in [0.1, 0.15) is 11.6 Å². The van der Waals surface area contributed by atoms with Gasteiger partial charge in [-0.15, -0.1) is 0 Å². The molecule has 0 unspecified atom stereocenters. The van der Waals surface area contributed by atoms with Crippen LogP contribution in [0.1, 0.15) is 29.3 Å². The molecule has 0 spiro atoms. The van der Waals surface area contributed by atoms with Gasteiger partial charge in [0.05, 0.1) is 13.7 Å². The molecule has 30 heavy (non-hydrogen) atoms. The molecule has 0 aliphatic carbocycles. The highest BCUT2D eigenvalue weighted by Gasteiger charge is 2.25. The third-order valence-electron chi connectivity index (χ3n) is 4.68. The van der Waals surface area contributed by atoms with Crippen LogP contribution in [-0.4, -0.2) is 29.1 Å². The summed E-state index contributed by atoms with van der Waals surface area (Å²) in [7, 11) is 1.51. The van der Waals surface area contributed by atoms with Gasteiger partial charge in [0, 0.05) is 12.1 Å². The van der Waals surface area contributed by atoms with Crippen molar-refractivity contribution in [2.75, 3.05) is 24.3 Å². The number of H-pyrrole nitrogens is 1. The van der Waals surface area contributed by atoms with E-state index in [4.69, 9.17) is 10.5 Å². The zero-order valence-electron chi connectivity index (χ0n) is 16.9. The van der Waals surface area contributed by atoms with Crippen LogP contribution < -0.4 is 26.6 Å². The van der Waals surface area contributed by atoms with Gasteiger partial charge in [-0.25, -0.2) is 4.79 Å². The first kappa shape index (κ1) is 20.9. The summed E-state index contributed by atoms with van der Waals surface area (Å²) in [5, 5.41) is 0. The van der Waals surface area contributed by atoms with Gasteiger partial charge in [-0.05, 0) is 30.2 Å². The van der Waals surface area contributed by atoms with Gasteiger partial charge in [-0.3, -0.25) is 19.1 Å². The van der Waals surface area contributed by atoms with Crippen molar-refractivity contribution in [3.63, 3.8) is 0 Å². The molecule has 8 nitrogen and oxygen atoms in total. The lowest BCUT2D eigenvalue weighted by Gasteiger charge is -2.24. The van der Waals surface area contributed by atoms with Gasteiger partial charge in [0.25, 0.3) is 11.5 Å². The molecule has 2 aromatic carbocycles. The Morgan fingerprint density at radius 3 is 2.53 bits per heavy atom. The molecule has 0 aliphatic heterocycles. The first-order chi connectivity index (χ1) is 14.5. The summed E-state index contributed by atoms with van der Waals surface area (Å²) < 4.78 is 6.45. The number of aromatic nitrogens is 2. The number of anilines is 2. The summed E-state index contributed by atoms with van der Waals surface area (Å²) in [6, 6.07) is 15.9. The predicted molar refractivity (Wildman–Crippen MR) is 116 cm³/mol. The molecule has 8 heteroatoms. The number of carbonyl (C=O) groups excluding carboxylic acids is 1. The average Bonchev–Trinajstić information content (AvgIpc) is 2.76. The minimum absolute atomic E-state index is 0.0415. The van der Waals surface area contributed by atoms with Crippen LogP contribution in [-0.2, 0) is 6.54 Å². The molecule has 3 rings (SSSR count). The number of rotatable bonds is 7. The molecule has 1 aromatic heterocycles. The second-order valence-electron chi connectivity index (χ2n) is 6.75. The van der Waals surface area contributed by atoms with Gasteiger partial charge in [0.2, 0.25) is 0 Å². The van der Waals surface area contributed by atoms with E-state index < -0.39 is 17.2 Å². The topological polar surface area (TPSA) is 110 Å². The third kappa shape index (κ3) is 4.27. The van der Waals surface area contributed by atoms with E-state index in [-0.39, 0.29) is 24.6 Å². The molecule has 0 bridgehead atoms. The van der Waals surface area contributed by atoms with E-state index >= 15 is 0 Å². The molecule has 1 heterocycles. The summed E-state index contributed by atoms with van der Waals surface area (Å²) in [6.45, 7) is 2.31. The number of aromatic amines is 1. The Morgan fingerprint density at radius 2 is 1.87 bits per heavy atom. The normalized spacial score (nSPS) is 10.6. The number of nitrogens with zero attached hydrogens (tertiary/aromatic N) is 2. The molecule has 0 radical (unpaired) electrons. The molecular weight excluding hydrogens is 384 g/mol. The number of amides is 1. The molecule has 0 atom stereocenters. The van der Waals surface area contributed by atoms with Crippen molar-refractivity contribution >= 4 is 17.4 Å². The first-order valence-electron chi connectivity index (χ1n) is 9.58. The molecular formula is C22H24N4O4. The van der Waals surface area contributed by atoms with Crippen LogP contribution in [0, 0.1) is 0 Å². The van der Waals surface area contributed by atoms with Gasteiger partial charge in [-0.1, -0.05) is 43.3 Å². The first-order valence-corrected chi connectivity index (χ1v) is 9.58. The molecule has 1 amide bonds. The number of nitrogens with two attached hydrogens (primary N) is 1. The van der Waals surface area contributed by atoms with Crippen LogP contribution >= 0.6 is 0 Å². The van der Waals surface area contributed by atoms with Crippen LogP contribution in [0.15, 0.2) is 64.2 Å². The number of carbonyl (C=O) groups is 1. The van der Waals surface area contributed by atoms with Crippen molar-refractivity contribution in [2.24, 2.45) is 0 Å². The maximum Gasteiger partial charge on any atom is 0.330 e. The van der Waals surface area contributed by atoms with Gasteiger partial charge < -0.3 is 15.4 Å². The summed E-state index contributed by atoms with van der Waals surface area (Å²) >= 11 is 0. The summed E-state index contributed by atoms with van der Waals surface area (Å²) in [5.74, 6) is 0.0587. The zero-order valence-corrected chi connectivity index (χ0v) is 16.9. The van der Waals surface area contributed by atoms with Crippen LogP contribution in [0.2, 0.25) is 0 Å². The second kappa shape index (κ2) is 9.13. The number of nitrogen functional groups attached to an aromatic ring is 1. The Hall–Kier alpha value is -3.81. The maximum absolute atomic E-state index is 13.2. The minimum Gasteiger partial charge on any atom is -0.497 e. The maximum atomic E-state index is 13.2. The number of hydrogen-bond acceptors (Lipinski definition) is 5. The van der Waals surface area contributed by atoms with Crippen LogP contribution in [0.25, 0.3) is 0 Å². The second-order valence-corrected chi connectivity index (χ2v) is 6.75. The monoisotopic (exact) mass is 408 g/mol. The largest absolute Gasteiger partial charge is 0.497 e. The van der Waals surface area contributed by atoms with E-state index in [1.807, 2.05) is 37.3 Å². The molecule has 0 saturated heterocycles. The van der Waals surface area contributed by atoms with E-state index in [1.165, 1.54) is 16.6 Å². The van der Waals surface area contributed by atoms with E-state index in [1.54, 1.807) is 24.3 Å². The zero-order chi connectivity index (χ0) is 21.7. The third-order valence-corrected chi connectivity index (χ3v) is 4.68. The van der Waals surface area contributed by atoms with E-state index in [0.29, 0.717) is 17.7 Å². The number of nitrogens with one attached hydrogen (secondary N) is 1.